The Hall–Kier alpha value is -1.69. The molecule has 1 saturated heterocycles. The number of likely N-dealkylation sites (tertiary alicyclic amines) is 1. The summed E-state index contributed by atoms with van der Waals surface area (Å²) in [6, 6.07) is 0. The van der Waals surface area contributed by atoms with Gasteiger partial charge in [0, 0.05) is 39.0 Å². The van der Waals surface area contributed by atoms with E-state index in [0.29, 0.717) is 30.9 Å². The van der Waals surface area contributed by atoms with Crippen LogP contribution in [0.4, 0.5) is 0 Å². The number of rotatable bonds is 5. The van der Waals surface area contributed by atoms with Gasteiger partial charge in [0.1, 0.15) is 11.3 Å². The molecule has 2 heterocycles. The van der Waals surface area contributed by atoms with Gasteiger partial charge in [-0.2, -0.15) is 5.10 Å². The molecule has 0 radical (unpaired) electrons. The van der Waals surface area contributed by atoms with E-state index in [-0.39, 0.29) is 11.9 Å². The number of ether oxygens (including phenoxy) is 1. The lowest BCUT2D eigenvalue weighted by molar-refractivity contribution is -0.126. The standard InChI is InChI=1S/C15H23N3O3/c1-4-11-9-18(7-6-14(11)19)10-13-12(8-16-17(13)3)15(20)21-5-2/h8,11H,4-7,9-10H2,1-3H3. The fourth-order valence-electron chi connectivity index (χ4n) is 2.72. The van der Waals surface area contributed by atoms with Crippen molar-refractivity contribution in [1.29, 1.82) is 0 Å². The quantitative estimate of drug-likeness (QED) is 0.768. The maximum atomic E-state index is 11.9. The van der Waals surface area contributed by atoms with Crippen LogP contribution in [0.25, 0.3) is 0 Å². The maximum absolute atomic E-state index is 11.9. The first-order valence-corrected chi connectivity index (χ1v) is 7.49. The zero-order valence-corrected chi connectivity index (χ0v) is 13.0. The summed E-state index contributed by atoms with van der Waals surface area (Å²) in [4.78, 5) is 25.9. The Morgan fingerprint density at radius 3 is 2.90 bits per heavy atom. The molecular weight excluding hydrogens is 270 g/mol. The average molecular weight is 293 g/mol. The van der Waals surface area contributed by atoms with E-state index in [1.54, 1.807) is 17.8 Å². The van der Waals surface area contributed by atoms with E-state index >= 15 is 0 Å². The highest BCUT2D eigenvalue weighted by Gasteiger charge is 2.27. The molecule has 0 bridgehead atoms. The third kappa shape index (κ3) is 3.50. The first kappa shape index (κ1) is 15.7. The van der Waals surface area contributed by atoms with Crippen molar-refractivity contribution in [2.75, 3.05) is 19.7 Å². The number of aromatic nitrogens is 2. The summed E-state index contributed by atoms with van der Waals surface area (Å²) in [5.74, 6) is 0.128. The van der Waals surface area contributed by atoms with E-state index in [2.05, 4.69) is 10.00 Å². The third-order valence-corrected chi connectivity index (χ3v) is 4.03. The third-order valence-electron chi connectivity index (χ3n) is 4.03. The summed E-state index contributed by atoms with van der Waals surface area (Å²) in [5, 5.41) is 4.16. The SMILES string of the molecule is CCOC(=O)c1cnn(C)c1CN1CCC(=O)C(CC)C1. The number of esters is 1. The van der Waals surface area contributed by atoms with Crippen LogP contribution in [0.5, 0.6) is 0 Å². The average Bonchev–Trinajstić information content (AvgIpc) is 2.82. The largest absolute Gasteiger partial charge is 0.462 e. The molecule has 1 aromatic rings. The predicted molar refractivity (Wildman–Crippen MR) is 77.8 cm³/mol. The Morgan fingerprint density at radius 1 is 1.48 bits per heavy atom. The van der Waals surface area contributed by atoms with Crippen LogP contribution in [0, 0.1) is 5.92 Å². The molecule has 1 aliphatic rings. The lowest BCUT2D eigenvalue weighted by Crippen LogP contribution is -2.40. The van der Waals surface area contributed by atoms with Crippen molar-refractivity contribution in [1.82, 2.24) is 14.7 Å². The smallest absolute Gasteiger partial charge is 0.341 e. The molecule has 2 rings (SSSR count). The van der Waals surface area contributed by atoms with Crippen molar-refractivity contribution in [3.63, 3.8) is 0 Å². The number of piperidine rings is 1. The molecule has 1 aromatic heterocycles. The van der Waals surface area contributed by atoms with Crippen LogP contribution in [0.3, 0.4) is 0 Å². The van der Waals surface area contributed by atoms with Gasteiger partial charge in [-0.05, 0) is 13.3 Å². The molecule has 6 heteroatoms. The number of hydrogen-bond acceptors (Lipinski definition) is 5. The van der Waals surface area contributed by atoms with Gasteiger partial charge in [-0.25, -0.2) is 4.79 Å². The Morgan fingerprint density at radius 2 is 2.24 bits per heavy atom. The van der Waals surface area contributed by atoms with Gasteiger partial charge in [0.15, 0.2) is 0 Å². The monoisotopic (exact) mass is 293 g/mol. The lowest BCUT2D eigenvalue weighted by Gasteiger charge is -2.31. The van der Waals surface area contributed by atoms with Crippen LogP contribution in [0.2, 0.25) is 0 Å². The van der Waals surface area contributed by atoms with Crippen molar-refractivity contribution in [3.05, 3.63) is 17.5 Å². The summed E-state index contributed by atoms with van der Waals surface area (Å²) >= 11 is 0. The predicted octanol–water partition coefficient (Wildman–Crippen LogP) is 1.40. The molecule has 0 saturated carbocycles. The fraction of sp³-hybridized carbons (Fsp3) is 0.667. The Kier molecular flexibility index (Phi) is 5.12. The zero-order valence-electron chi connectivity index (χ0n) is 13.0. The maximum Gasteiger partial charge on any atom is 0.341 e. The van der Waals surface area contributed by atoms with Crippen molar-refractivity contribution < 1.29 is 14.3 Å². The lowest BCUT2D eigenvalue weighted by atomic mass is 9.94. The molecule has 0 aliphatic carbocycles. The van der Waals surface area contributed by atoms with Crippen LogP contribution in [0.1, 0.15) is 42.7 Å². The molecule has 1 fully saturated rings. The number of Topliss-reactive ketones (excluding diaryl/α,β-unsaturated/α-hetero) is 1. The summed E-state index contributed by atoms with van der Waals surface area (Å²) < 4.78 is 6.78. The second-order valence-electron chi connectivity index (χ2n) is 5.41. The van der Waals surface area contributed by atoms with E-state index in [9.17, 15) is 9.59 Å². The van der Waals surface area contributed by atoms with Crippen LogP contribution >= 0.6 is 0 Å². The Balaban J connectivity index is 2.11. The van der Waals surface area contributed by atoms with Gasteiger partial charge in [-0.3, -0.25) is 14.4 Å². The zero-order chi connectivity index (χ0) is 15.4. The minimum atomic E-state index is -0.333. The van der Waals surface area contributed by atoms with E-state index in [4.69, 9.17) is 4.74 Å². The molecule has 0 N–H and O–H groups in total. The highest BCUT2D eigenvalue weighted by molar-refractivity contribution is 5.90. The first-order chi connectivity index (χ1) is 10.1. The van der Waals surface area contributed by atoms with Gasteiger partial charge >= 0.3 is 5.97 Å². The number of carbonyl (C=O) groups excluding carboxylic acids is 2. The summed E-state index contributed by atoms with van der Waals surface area (Å²) in [6.45, 7) is 6.29. The number of hydrogen-bond donors (Lipinski definition) is 0. The van der Waals surface area contributed by atoms with Crippen molar-refractivity contribution in [2.45, 2.75) is 33.2 Å². The number of nitrogens with zero attached hydrogens (tertiary/aromatic N) is 3. The molecule has 1 aliphatic heterocycles. The molecule has 116 valence electrons. The van der Waals surface area contributed by atoms with Gasteiger partial charge in [-0.1, -0.05) is 6.92 Å². The fourth-order valence-corrected chi connectivity index (χ4v) is 2.72. The minimum Gasteiger partial charge on any atom is -0.462 e. The topological polar surface area (TPSA) is 64.4 Å². The summed E-state index contributed by atoms with van der Waals surface area (Å²) in [6.07, 6.45) is 3.01. The molecule has 6 nitrogen and oxygen atoms in total. The highest BCUT2D eigenvalue weighted by Crippen LogP contribution is 2.20. The van der Waals surface area contributed by atoms with E-state index in [1.807, 2.05) is 14.0 Å². The second-order valence-corrected chi connectivity index (χ2v) is 5.41. The first-order valence-electron chi connectivity index (χ1n) is 7.49. The molecule has 0 aromatic carbocycles. The molecular formula is C15H23N3O3. The highest BCUT2D eigenvalue weighted by atomic mass is 16.5. The Bertz CT molecular complexity index is 524. The Labute approximate surface area is 125 Å². The molecule has 0 spiro atoms. The normalized spacial score (nSPS) is 19.8. The van der Waals surface area contributed by atoms with Crippen LogP contribution < -0.4 is 0 Å². The second kappa shape index (κ2) is 6.85. The number of aryl methyl sites for hydroxylation is 1. The van der Waals surface area contributed by atoms with Gasteiger partial charge in [0.25, 0.3) is 0 Å². The molecule has 1 atom stereocenters. The number of ketones is 1. The van der Waals surface area contributed by atoms with Gasteiger partial charge in [0.05, 0.1) is 18.5 Å². The summed E-state index contributed by atoms with van der Waals surface area (Å²) in [5.41, 5.74) is 1.36. The molecule has 21 heavy (non-hydrogen) atoms. The van der Waals surface area contributed by atoms with Crippen molar-refractivity contribution in [3.8, 4) is 0 Å². The van der Waals surface area contributed by atoms with Crippen molar-refractivity contribution in [2.24, 2.45) is 13.0 Å². The van der Waals surface area contributed by atoms with E-state index in [0.717, 1.165) is 25.2 Å². The van der Waals surface area contributed by atoms with Crippen molar-refractivity contribution >= 4 is 11.8 Å². The van der Waals surface area contributed by atoms with Crippen LogP contribution in [-0.2, 0) is 23.1 Å². The van der Waals surface area contributed by atoms with E-state index in [1.165, 1.54) is 0 Å². The summed E-state index contributed by atoms with van der Waals surface area (Å²) in [7, 11) is 1.82. The molecule has 0 amide bonds. The van der Waals surface area contributed by atoms with Gasteiger partial charge in [-0.15, -0.1) is 0 Å². The van der Waals surface area contributed by atoms with Crippen LogP contribution in [0.15, 0.2) is 6.20 Å². The van der Waals surface area contributed by atoms with Gasteiger partial charge in [0.2, 0.25) is 0 Å². The molecule has 1 unspecified atom stereocenters. The van der Waals surface area contributed by atoms with Gasteiger partial charge < -0.3 is 4.74 Å². The van der Waals surface area contributed by atoms with E-state index < -0.39 is 0 Å². The number of carbonyl (C=O) groups is 2. The minimum absolute atomic E-state index is 0.109. The van der Waals surface area contributed by atoms with Crippen LogP contribution in [-0.4, -0.2) is 46.1 Å².